The highest BCUT2D eigenvalue weighted by atomic mass is 35.5. The van der Waals surface area contributed by atoms with Crippen LogP contribution in [-0.2, 0) is 0 Å². The van der Waals surface area contributed by atoms with Crippen molar-refractivity contribution in [3.63, 3.8) is 0 Å². The molecule has 86 valence electrons. The van der Waals surface area contributed by atoms with Crippen LogP contribution in [0.5, 0.6) is 5.75 Å². The first kappa shape index (κ1) is 11.4. The molecule has 0 unspecified atom stereocenters. The van der Waals surface area contributed by atoms with E-state index in [4.69, 9.17) is 11.6 Å². The molecular formula is C12H6ClNO3-2. The Bertz CT molecular complexity index is 584. The van der Waals surface area contributed by atoms with Crippen molar-refractivity contribution in [2.45, 2.75) is 0 Å². The molecule has 0 saturated heterocycles. The van der Waals surface area contributed by atoms with E-state index in [0.29, 0.717) is 16.1 Å². The highest BCUT2D eigenvalue weighted by Crippen LogP contribution is 2.25. The molecule has 0 aliphatic rings. The van der Waals surface area contributed by atoms with Crippen molar-refractivity contribution in [1.29, 1.82) is 0 Å². The first-order valence-electron chi connectivity index (χ1n) is 4.72. The molecule has 1 aromatic carbocycles. The fourth-order valence-corrected chi connectivity index (χ4v) is 1.61. The third-order valence-corrected chi connectivity index (χ3v) is 2.44. The fraction of sp³-hybridized carbons (Fsp3) is 0. The lowest BCUT2D eigenvalue weighted by Crippen LogP contribution is -2.25. The molecule has 1 aromatic heterocycles. The number of benzene rings is 1. The molecule has 0 spiro atoms. The predicted octanol–water partition coefficient (Wildman–Crippen LogP) is 0.839. The summed E-state index contributed by atoms with van der Waals surface area (Å²) in [6, 6.07) is 8.04. The number of nitrogens with zero attached hydrogens (tertiary/aromatic N) is 1. The van der Waals surface area contributed by atoms with Crippen LogP contribution < -0.4 is 10.2 Å². The van der Waals surface area contributed by atoms with Crippen LogP contribution in [0, 0.1) is 0 Å². The van der Waals surface area contributed by atoms with Gasteiger partial charge in [-0.15, -0.1) is 0 Å². The van der Waals surface area contributed by atoms with Crippen molar-refractivity contribution >= 4 is 17.6 Å². The van der Waals surface area contributed by atoms with Gasteiger partial charge in [-0.25, -0.2) is 0 Å². The number of carboxylic acids is 1. The molecule has 1 heterocycles. The number of hydrogen-bond donors (Lipinski definition) is 0. The van der Waals surface area contributed by atoms with Gasteiger partial charge < -0.3 is 15.0 Å². The second-order valence-electron chi connectivity index (χ2n) is 3.37. The van der Waals surface area contributed by atoms with Crippen molar-refractivity contribution in [3.05, 3.63) is 47.2 Å². The topological polar surface area (TPSA) is 76.1 Å². The summed E-state index contributed by atoms with van der Waals surface area (Å²) in [6.07, 6.45) is 1.30. The lowest BCUT2D eigenvalue weighted by molar-refractivity contribution is -0.276. The van der Waals surface area contributed by atoms with E-state index < -0.39 is 17.4 Å². The number of carboxylic acid groups (broad SMARTS) is 1. The zero-order valence-corrected chi connectivity index (χ0v) is 9.27. The summed E-state index contributed by atoms with van der Waals surface area (Å²) in [5.41, 5.74) is 0.630. The summed E-state index contributed by atoms with van der Waals surface area (Å²) < 4.78 is 0. The molecular weight excluding hydrogens is 242 g/mol. The Labute approximate surface area is 102 Å². The van der Waals surface area contributed by atoms with Crippen LogP contribution in [0.1, 0.15) is 10.5 Å². The number of aromatic nitrogens is 1. The molecule has 2 aromatic rings. The maximum Gasteiger partial charge on any atom is 0.0893 e. The van der Waals surface area contributed by atoms with E-state index in [2.05, 4.69) is 4.98 Å². The van der Waals surface area contributed by atoms with Gasteiger partial charge in [0.1, 0.15) is 0 Å². The molecule has 17 heavy (non-hydrogen) atoms. The van der Waals surface area contributed by atoms with Crippen LogP contribution in [0.25, 0.3) is 11.1 Å². The van der Waals surface area contributed by atoms with Crippen LogP contribution in [0.3, 0.4) is 0 Å². The molecule has 0 bridgehead atoms. The Balaban J connectivity index is 2.48. The molecule has 4 nitrogen and oxygen atoms in total. The third-order valence-electron chi connectivity index (χ3n) is 2.20. The van der Waals surface area contributed by atoms with Gasteiger partial charge in [0.25, 0.3) is 0 Å². The highest BCUT2D eigenvalue weighted by Gasteiger charge is 2.02. The molecule has 0 aliphatic heterocycles. The van der Waals surface area contributed by atoms with E-state index in [0.717, 1.165) is 0 Å². The highest BCUT2D eigenvalue weighted by molar-refractivity contribution is 6.30. The molecule has 0 radical (unpaired) electrons. The summed E-state index contributed by atoms with van der Waals surface area (Å²) in [7, 11) is 0. The normalized spacial score (nSPS) is 10.2. The summed E-state index contributed by atoms with van der Waals surface area (Å²) in [4.78, 5) is 14.1. The smallest absolute Gasteiger partial charge is 0.0893 e. The van der Waals surface area contributed by atoms with Crippen molar-refractivity contribution in [1.82, 2.24) is 4.98 Å². The van der Waals surface area contributed by atoms with Crippen LogP contribution >= 0.6 is 11.6 Å². The van der Waals surface area contributed by atoms with E-state index >= 15 is 0 Å². The number of carbonyl (C=O) groups is 1. The van der Waals surface area contributed by atoms with Crippen molar-refractivity contribution in [3.8, 4) is 16.9 Å². The third kappa shape index (κ3) is 2.37. The van der Waals surface area contributed by atoms with Crippen molar-refractivity contribution < 1.29 is 15.0 Å². The summed E-state index contributed by atoms with van der Waals surface area (Å²) in [6.45, 7) is 0. The minimum Gasteiger partial charge on any atom is -0.871 e. The minimum atomic E-state index is -1.58. The standard InChI is InChI=1S/C12H8ClNO3/c13-9-3-1-2-7(4-9)8-5-10(15)11(12(16)17)14-6-8/h1-6,15H,(H,16,17)/p-2. The van der Waals surface area contributed by atoms with Gasteiger partial charge in [0.05, 0.1) is 11.7 Å². The maximum atomic E-state index is 11.4. The maximum absolute atomic E-state index is 11.4. The lowest BCUT2D eigenvalue weighted by Gasteiger charge is -2.14. The van der Waals surface area contributed by atoms with Gasteiger partial charge in [0.2, 0.25) is 0 Å². The molecule has 0 aliphatic carbocycles. The number of carbonyl (C=O) groups excluding carboxylic acids is 1. The molecule has 0 fully saturated rings. The van der Waals surface area contributed by atoms with Gasteiger partial charge in [-0.05, 0) is 23.3 Å². The van der Waals surface area contributed by atoms with Crippen LogP contribution in [0.15, 0.2) is 36.5 Å². The Kier molecular flexibility index (Phi) is 2.97. The van der Waals surface area contributed by atoms with Gasteiger partial charge in [-0.2, -0.15) is 0 Å². The van der Waals surface area contributed by atoms with E-state index in [-0.39, 0.29) is 0 Å². The monoisotopic (exact) mass is 247 g/mol. The predicted molar refractivity (Wildman–Crippen MR) is 58.5 cm³/mol. The minimum absolute atomic E-state index is 0.516. The number of rotatable bonds is 2. The second-order valence-corrected chi connectivity index (χ2v) is 3.80. The van der Waals surface area contributed by atoms with Crippen LogP contribution in [0.2, 0.25) is 5.02 Å². The Morgan fingerprint density at radius 3 is 2.59 bits per heavy atom. The van der Waals surface area contributed by atoms with Crippen LogP contribution in [0.4, 0.5) is 0 Å². The Hall–Kier alpha value is -2.07. The molecule has 2 rings (SSSR count). The quantitative estimate of drug-likeness (QED) is 0.788. The van der Waals surface area contributed by atoms with Crippen molar-refractivity contribution in [2.75, 3.05) is 0 Å². The summed E-state index contributed by atoms with van der Waals surface area (Å²) in [5.74, 6) is -2.25. The summed E-state index contributed by atoms with van der Waals surface area (Å²) >= 11 is 5.81. The van der Waals surface area contributed by atoms with Gasteiger partial charge >= 0.3 is 0 Å². The van der Waals surface area contributed by atoms with Gasteiger partial charge in [0.15, 0.2) is 0 Å². The number of pyridine rings is 1. The molecule has 0 saturated carbocycles. The average molecular weight is 248 g/mol. The van der Waals surface area contributed by atoms with Crippen molar-refractivity contribution in [2.24, 2.45) is 0 Å². The average Bonchev–Trinajstić information content (AvgIpc) is 2.28. The molecule has 0 N–H and O–H groups in total. The first-order valence-corrected chi connectivity index (χ1v) is 5.10. The number of halogens is 1. The van der Waals surface area contributed by atoms with Gasteiger partial charge in [-0.1, -0.05) is 35.5 Å². The van der Waals surface area contributed by atoms with Gasteiger partial charge in [0, 0.05) is 11.2 Å². The van der Waals surface area contributed by atoms with E-state index in [1.165, 1.54) is 12.3 Å². The molecule has 5 heteroatoms. The van der Waals surface area contributed by atoms with Gasteiger partial charge in [-0.3, -0.25) is 4.98 Å². The lowest BCUT2D eigenvalue weighted by atomic mass is 10.1. The summed E-state index contributed by atoms with van der Waals surface area (Å²) in [5, 5.41) is 22.5. The zero-order chi connectivity index (χ0) is 12.4. The first-order chi connectivity index (χ1) is 8.08. The zero-order valence-electron chi connectivity index (χ0n) is 8.51. The van der Waals surface area contributed by atoms with Crippen LogP contribution in [-0.4, -0.2) is 11.0 Å². The van der Waals surface area contributed by atoms with E-state index in [1.807, 2.05) is 0 Å². The van der Waals surface area contributed by atoms with E-state index in [9.17, 15) is 15.0 Å². The largest absolute Gasteiger partial charge is 0.871 e. The fourth-order valence-electron chi connectivity index (χ4n) is 1.42. The molecule has 0 atom stereocenters. The Morgan fingerprint density at radius 2 is 2.00 bits per heavy atom. The second kappa shape index (κ2) is 4.43. The number of aromatic carboxylic acids is 1. The Morgan fingerprint density at radius 1 is 1.24 bits per heavy atom. The number of hydrogen-bond acceptors (Lipinski definition) is 4. The molecule has 0 amide bonds. The van der Waals surface area contributed by atoms with E-state index in [1.54, 1.807) is 24.3 Å². The SMILES string of the molecule is O=C([O-])c1ncc(-c2cccc(Cl)c2)cc1[O-].